The second-order valence-electron chi connectivity index (χ2n) is 3.97. The van der Waals surface area contributed by atoms with Gasteiger partial charge in [-0.2, -0.15) is 0 Å². The van der Waals surface area contributed by atoms with Crippen LogP contribution < -0.4 is 11.1 Å². The van der Waals surface area contributed by atoms with Gasteiger partial charge in [0.25, 0.3) is 0 Å². The molecule has 0 aromatic heterocycles. The number of hydrogen-bond donors (Lipinski definition) is 2. The summed E-state index contributed by atoms with van der Waals surface area (Å²) in [4.78, 5) is 11.3. The van der Waals surface area contributed by atoms with E-state index in [1.165, 1.54) is 5.56 Å². The van der Waals surface area contributed by atoms with Crippen LogP contribution in [0.4, 0.5) is 5.69 Å². The Balaban J connectivity index is 2.46. The molecule has 1 aliphatic heterocycles. The minimum atomic E-state index is -0.497. The normalized spacial score (nSPS) is 19.7. The van der Waals surface area contributed by atoms with Crippen molar-refractivity contribution in [1.82, 2.24) is 0 Å². The summed E-state index contributed by atoms with van der Waals surface area (Å²) in [6.45, 7) is 4.24. The van der Waals surface area contributed by atoms with E-state index in [9.17, 15) is 4.79 Å². The molecule has 0 saturated carbocycles. The molecule has 0 unspecified atom stereocenters. The smallest absolute Gasteiger partial charge is 0.245 e. The van der Waals surface area contributed by atoms with Crippen LogP contribution in [0.3, 0.4) is 0 Å². The van der Waals surface area contributed by atoms with E-state index in [1.54, 1.807) is 0 Å². The minimum Gasteiger partial charge on any atom is -0.324 e. The first-order valence-electron chi connectivity index (χ1n) is 4.80. The molecule has 0 fully saturated rings. The molecule has 1 aromatic rings. The summed E-state index contributed by atoms with van der Waals surface area (Å²) in [5.74, 6) is 0.351. The number of rotatable bonds is 1. The molecule has 2 rings (SSSR count). The fourth-order valence-electron chi connectivity index (χ4n) is 1.66. The van der Waals surface area contributed by atoms with Crippen molar-refractivity contribution in [2.45, 2.75) is 25.8 Å². The molecule has 0 saturated heterocycles. The Hall–Kier alpha value is -1.35. The summed E-state index contributed by atoms with van der Waals surface area (Å²) in [6, 6.07) is 5.48. The Kier molecular flexibility index (Phi) is 2.04. The number of hydrogen-bond acceptors (Lipinski definition) is 2. The first kappa shape index (κ1) is 9.21. The maximum Gasteiger partial charge on any atom is 0.245 e. The van der Waals surface area contributed by atoms with E-state index in [0.717, 1.165) is 11.3 Å². The van der Waals surface area contributed by atoms with Gasteiger partial charge in [0.2, 0.25) is 5.91 Å². The van der Waals surface area contributed by atoms with E-state index in [1.807, 2.05) is 18.2 Å². The van der Waals surface area contributed by atoms with E-state index in [4.69, 9.17) is 5.73 Å². The van der Waals surface area contributed by atoms with Crippen molar-refractivity contribution < 1.29 is 4.79 Å². The molecule has 1 aromatic carbocycles. The van der Waals surface area contributed by atoms with Gasteiger partial charge in [-0.1, -0.05) is 26.0 Å². The second kappa shape index (κ2) is 3.10. The van der Waals surface area contributed by atoms with Gasteiger partial charge in [-0.3, -0.25) is 4.79 Å². The van der Waals surface area contributed by atoms with Gasteiger partial charge in [-0.25, -0.2) is 0 Å². The van der Waals surface area contributed by atoms with Crippen LogP contribution >= 0.6 is 0 Å². The third kappa shape index (κ3) is 1.30. The highest BCUT2D eigenvalue weighted by molar-refractivity contribution is 6.02. The average molecular weight is 190 g/mol. The second-order valence-corrected chi connectivity index (χ2v) is 3.97. The molecular formula is C11H14N2O. The van der Waals surface area contributed by atoms with Crippen molar-refractivity contribution >= 4 is 11.6 Å². The van der Waals surface area contributed by atoms with Crippen molar-refractivity contribution in [3.63, 3.8) is 0 Å². The van der Waals surface area contributed by atoms with Crippen LogP contribution in [0.2, 0.25) is 0 Å². The summed E-state index contributed by atoms with van der Waals surface area (Å²) in [7, 11) is 0. The molecule has 3 heteroatoms. The Morgan fingerprint density at radius 1 is 1.43 bits per heavy atom. The molecule has 74 valence electrons. The van der Waals surface area contributed by atoms with Crippen LogP contribution in [0.5, 0.6) is 0 Å². The molecule has 14 heavy (non-hydrogen) atoms. The van der Waals surface area contributed by atoms with Crippen molar-refractivity contribution in [3.05, 3.63) is 29.3 Å². The van der Waals surface area contributed by atoms with E-state index < -0.39 is 6.04 Å². The molecule has 0 aliphatic carbocycles. The lowest BCUT2D eigenvalue weighted by molar-refractivity contribution is -0.116. The Morgan fingerprint density at radius 2 is 2.14 bits per heavy atom. The zero-order chi connectivity index (χ0) is 10.3. The van der Waals surface area contributed by atoms with Crippen LogP contribution in [0.1, 0.15) is 36.9 Å². The van der Waals surface area contributed by atoms with Crippen molar-refractivity contribution in [1.29, 1.82) is 0 Å². The highest BCUT2D eigenvalue weighted by Gasteiger charge is 2.27. The Morgan fingerprint density at radius 3 is 2.79 bits per heavy atom. The van der Waals surface area contributed by atoms with Gasteiger partial charge >= 0.3 is 0 Å². The van der Waals surface area contributed by atoms with E-state index in [2.05, 4.69) is 19.2 Å². The number of nitrogens with one attached hydrogen (secondary N) is 1. The number of nitrogens with two attached hydrogens (primary N) is 1. The predicted octanol–water partition coefficient (Wildman–Crippen LogP) is 1.76. The largest absolute Gasteiger partial charge is 0.324 e. The standard InChI is InChI=1S/C11H14N2O/c1-6(2)7-3-4-9-8(5-7)10(12)11(14)13-9/h3-6,10H,12H2,1-2H3,(H,13,14)/t10-/m1/s1. The third-order valence-corrected chi connectivity index (χ3v) is 2.62. The van der Waals surface area contributed by atoms with Gasteiger partial charge in [-0.15, -0.1) is 0 Å². The fourth-order valence-corrected chi connectivity index (χ4v) is 1.66. The number of carbonyl (C=O) groups excluding carboxylic acids is 1. The Bertz CT molecular complexity index is 385. The summed E-state index contributed by atoms with van der Waals surface area (Å²) >= 11 is 0. The number of anilines is 1. The highest BCUT2D eigenvalue weighted by Crippen LogP contribution is 2.31. The molecular weight excluding hydrogens is 176 g/mol. The number of fused-ring (bicyclic) bond motifs is 1. The lowest BCUT2D eigenvalue weighted by Gasteiger charge is -2.08. The summed E-state index contributed by atoms with van der Waals surface area (Å²) < 4.78 is 0. The lowest BCUT2D eigenvalue weighted by atomic mass is 9.98. The average Bonchev–Trinajstić information content (AvgIpc) is 2.43. The molecule has 0 radical (unpaired) electrons. The van der Waals surface area contributed by atoms with Gasteiger partial charge in [0.15, 0.2) is 0 Å². The van der Waals surface area contributed by atoms with E-state index in [-0.39, 0.29) is 5.91 Å². The minimum absolute atomic E-state index is 0.110. The van der Waals surface area contributed by atoms with Gasteiger partial charge in [0, 0.05) is 11.3 Å². The molecule has 1 aliphatic rings. The van der Waals surface area contributed by atoms with Gasteiger partial charge in [-0.05, 0) is 17.5 Å². The van der Waals surface area contributed by atoms with Crippen LogP contribution in [0.15, 0.2) is 18.2 Å². The molecule has 0 spiro atoms. The number of benzene rings is 1. The fraction of sp³-hybridized carbons (Fsp3) is 0.364. The maximum atomic E-state index is 11.3. The Labute approximate surface area is 83.3 Å². The summed E-state index contributed by atoms with van der Waals surface area (Å²) in [6.07, 6.45) is 0. The lowest BCUT2D eigenvalue weighted by Crippen LogP contribution is -2.19. The predicted molar refractivity (Wildman–Crippen MR) is 56.1 cm³/mol. The van der Waals surface area contributed by atoms with Crippen molar-refractivity contribution in [3.8, 4) is 0 Å². The zero-order valence-corrected chi connectivity index (χ0v) is 8.37. The first-order chi connectivity index (χ1) is 6.59. The van der Waals surface area contributed by atoms with Crippen molar-refractivity contribution in [2.75, 3.05) is 5.32 Å². The van der Waals surface area contributed by atoms with Gasteiger partial charge < -0.3 is 11.1 Å². The summed E-state index contributed by atoms with van der Waals surface area (Å²) in [5.41, 5.74) is 8.74. The molecule has 1 atom stereocenters. The number of amides is 1. The van der Waals surface area contributed by atoms with Crippen LogP contribution in [-0.2, 0) is 4.79 Å². The molecule has 3 nitrogen and oxygen atoms in total. The zero-order valence-electron chi connectivity index (χ0n) is 8.37. The SMILES string of the molecule is CC(C)c1ccc2c(c1)[C@@H](N)C(=O)N2. The van der Waals surface area contributed by atoms with Crippen molar-refractivity contribution in [2.24, 2.45) is 5.73 Å². The molecule has 0 bridgehead atoms. The summed E-state index contributed by atoms with van der Waals surface area (Å²) in [5, 5.41) is 2.75. The van der Waals surface area contributed by atoms with E-state index >= 15 is 0 Å². The number of carbonyl (C=O) groups is 1. The van der Waals surface area contributed by atoms with Crippen LogP contribution in [-0.4, -0.2) is 5.91 Å². The van der Waals surface area contributed by atoms with Gasteiger partial charge in [0.1, 0.15) is 6.04 Å². The van der Waals surface area contributed by atoms with Crippen LogP contribution in [0.25, 0.3) is 0 Å². The molecule has 3 N–H and O–H groups in total. The third-order valence-electron chi connectivity index (χ3n) is 2.62. The molecule has 1 heterocycles. The topological polar surface area (TPSA) is 55.1 Å². The van der Waals surface area contributed by atoms with Crippen LogP contribution in [0, 0.1) is 0 Å². The highest BCUT2D eigenvalue weighted by atomic mass is 16.2. The monoisotopic (exact) mass is 190 g/mol. The van der Waals surface area contributed by atoms with E-state index in [0.29, 0.717) is 5.92 Å². The maximum absolute atomic E-state index is 11.3. The first-order valence-corrected chi connectivity index (χ1v) is 4.80. The molecule has 1 amide bonds. The van der Waals surface area contributed by atoms with Gasteiger partial charge in [0.05, 0.1) is 0 Å². The quantitative estimate of drug-likeness (QED) is 0.709.